The van der Waals surface area contributed by atoms with Gasteiger partial charge in [0.05, 0.1) is 0 Å². The number of hydrogen-bond donors (Lipinski definition) is 0. The maximum Gasteiger partial charge on any atom is 2.00 e. The molecule has 7 heavy (non-hydrogen) atoms. The minimum Gasteiger partial charge on any atom is -0.813 e. The Bertz CT molecular complexity index is 34.7. The van der Waals surface area contributed by atoms with Crippen molar-refractivity contribution in [1.82, 2.24) is 0 Å². The summed E-state index contributed by atoms with van der Waals surface area (Å²) in [6.07, 6.45) is 0. The van der Waals surface area contributed by atoms with Crippen molar-refractivity contribution in [2.45, 2.75) is 0 Å². The molecule has 0 rings (SSSR count). The quantitative estimate of drug-likeness (QED) is 0.236. The van der Waals surface area contributed by atoms with E-state index in [1.54, 1.807) is 0 Å². The van der Waals surface area contributed by atoms with Crippen molar-refractivity contribution in [3.63, 3.8) is 0 Å². The van der Waals surface area contributed by atoms with Gasteiger partial charge in [-0.25, -0.2) is 0 Å². The van der Waals surface area contributed by atoms with Crippen molar-refractivity contribution in [2.24, 2.45) is 0 Å². The summed E-state index contributed by atoms with van der Waals surface area (Å²) in [4.78, 5) is 17.0. The van der Waals surface area contributed by atoms with Crippen LogP contribution in [0.25, 0.3) is 0 Å². The first kappa shape index (κ1) is 25.5. The Labute approximate surface area is 53.3 Å². The van der Waals surface area contributed by atoms with Gasteiger partial charge in [0.25, 0.3) is 0 Å². The molecular weight excluding hydrogens is 171 g/mol. The summed E-state index contributed by atoms with van der Waals surface area (Å²) in [7, 11) is -3.63. The van der Waals surface area contributed by atoms with Crippen molar-refractivity contribution < 1.29 is 36.9 Å². The molecule has 0 unspecified atom stereocenters. The zero-order chi connectivity index (χ0) is 3.58. The molecule has 0 spiro atoms. The third-order valence-electron chi connectivity index (χ3n) is 0. The number of hydrogen-bond acceptors (Lipinski definition) is 3. The molecule has 0 aliphatic rings. The Hall–Kier alpha value is 0.629. The second-order valence-electron chi connectivity index (χ2n) is 0.250. The van der Waals surface area contributed by atoms with Gasteiger partial charge < -0.3 is 27.3 Å². The summed E-state index contributed by atoms with van der Waals surface area (Å²) in [5.74, 6) is 0. The van der Waals surface area contributed by atoms with Crippen LogP contribution in [-0.2, 0) is 21.6 Å². The Balaban J connectivity index is -0.0000000150. The van der Waals surface area contributed by atoms with Crippen molar-refractivity contribution in [3.05, 3.63) is 7.43 Å². The third-order valence-corrected chi connectivity index (χ3v) is 0. The van der Waals surface area contributed by atoms with Gasteiger partial charge in [-0.2, -0.15) is 0 Å². The van der Waals surface area contributed by atoms with E-state index in [-0.39, 0.29) is 30.0 Å². The first-order valence-electron chi connectivity index (χ1n) is 0.612. The molecule has 0 fully saturated rings. The van der Waals surface area contributed by atoms with Crippen LogP contribution in [0.5, 0.6) is 0 Å². The van der Waals surface area contributed by atoms with E-state index < -0.39 is 8.25 Å². The zero-order valence-electron chi connectivity index (χ0n) is 3.53. The largest absolute Gasteiger partial charge is 2.00 e. The number of rotatable bonds is 0. The molecule has 0 saturated carbocycles. The van der Waals surface area contributed by atoms with E-state index in [2.05, 4.69) is 0 Å². The van der Waals surface area contributed by atoms with Gasteiger partial charge in [-0.05, 0) is 0 Å². The van der Waals surface area contributed by atoms with Gasteiger partial charge in [-0.15, -0.1) is 0 Å². The molecule has 0 amide bonds. The van der Waals surface area contributed by atoms with Gasteiger partial charge in [0, 0.05) is 0 Å². The second kappa shape index (κ2) is 15.9. The molecule has 4 nitrogen and oxygen atoms in total. The first-order valence-corrected chi connectivity index (χ1v) is 1.84. The Morgan fingerprint density at radius 3 is 1.29 bits per heavy atom. The molecule has 0 aliphatic carbocycles. The van der Waals surface area contributed by atoms with Gasteiger partial charge in [0.2, 0.25) is 0 Å². The zero-order valence-corrected chi connectivity index (χ0v) is 5.47. The molecule has 0 aromatic rings. The molecule has 6 heteroatoms. The fourth-order valence-corrected chi connectivity index (χ4v) is 0. The van der Waals surface area contributed by atoms with E-state index in [0.717, 1.165) is 0 Å². The van der Waals surface area contributed by atoms with Crippen LogP contribution in [0.1, 0.15) is 0 Å². The fourth-order valence-electron chi connectivity index (χ4n) is 0. The maximum absolute atomic E-state index is 8.52. The first-order chi connectivity index (χ1) is 1.73. The molecule has 1 radical (unpaired) electrons. The minimum absolute atomic E-state index is 0. The van der Waals surface area contributed by atoms with Crippen molar-refractivity contribution in [2.75, 3.05) is 0 Å². The van der Waals surface area contributed by atoms with E-state index in [4.69, 9.17) is 14.4 Å². The van der Waals surface area contributed by atoms with Crippen LogP contribution in [0.2, 0.25) is 0 Å². The minimum atomic E-state index is -3.63. The summed E-state index contributed by atoms with van der Waals surface area (Å²) in [6.45, 7) is 0. The Kier molecular flexibility index (Phi) is 58.0. The topological polar surface area (TPSA) is 94.7 Å². The normalized spacial score (nSPS) is 5.00. The smallest absolute Gasteiger partial charge is 0.813 e. The van der Waals surface area contributed by atoms with E-state index in [1.165, 1.54) is 0 Å². The molecule has 0 atom stereocenters. The van der Waals surface area contributed by atoms with Crippen LogP contribution in [0.3, 0.4) is 0 Å². The molecule has 51 valence electrons. The van der Waals surface area contributed by atoms with Crippen LogP contribution < -0.4 is 9.79 Å². The molecule has 0 aromatic carbocycles. The SMILES string of the molecule is O.O=[PH]([O-])[O-].[CH3-].[Cu+2]. The van der Waals surface area contributed by atoms with E-state index in [1.807, 2.05) is 0 Å². The standard InChI is InChI=1S/CH3.Cu.H3O3P.H2O/c;;1-4(2)3;/h1H3;;4H,(H2,1,2,3);1H2/q-1;+2;;/p-2. The summed E-state index contributed by atoms with van der Waals surface area (Å²) >= 11 is 0. The predicted molar refractivity (Wildman–Crippen MR) is 19.0 cm³/mol. The third kappa shape index (κ3) is 359. The fraction of sp³-hybridized carbons (Fsp3) is 0. The van der Waals surface area contributed by atoms with Crippen LogP contribution in [0.15, 0.2) is 0 Å². The maximum atomic E-state index is 8.52. The van der Waals surface area contributed by atoms with Gasteiger partial charge in [-0.1, -0.05) is 8.25 Å². The average Bonchev–Trinajstić information content (AvgIpc) is 0.811. The summed E-state index contributed by atoms with van der Waals surface area (Å²) in [6, 6.07) is 0. The predicted octanol–water partition coefficient (Wildman–Crippen LogP) is -2.28. The van der Waals surface area contributed by atoms with Crippen molar-refractivity contribution in [1.29, 1.82) is 0 Å². The molecule has 0 heterocycles. The summed E-state index contributed by atoms with van der Waals surface area (Å²) < 4.78 is 8.52. The molecule has 0 aromatic heterocycles. The van der Waals surface area contributed by atoms with Gasteiger partial charge >= 0.3 is 17.1 Å². The van der Waals surface area contributed by atoms with Crippen LogP contribution >= 0.6 is 8.25 Å². The molecule has 0 bridgehead atoms. The van der Waals surface area contributed by atoms with E-state index >= 15 is 0 Å². The monoisotopic (exact) mass is 176 g/mol. The van der Waals surface area contributed by atoms with E-state index in [0.29, 0.717) is 0 Å². The average molecular weight is 177 g/mol. The Morgan fingerprint density at radius 1 is 1.29 bits per heavy atom. The van der Waals surface area contributed by atoms with Gasteiger partial charge in [0.15, 0.2) is 0 Å². The van der Waals surface area contributed by atoms with Gasteiger partial charge in [0.1, 0.15) is 0 Å². The molecule has 0 saturated heterocycles. The summed E-state index contributed by atoms with van der Waals surface area (Å²) in [5, 5.41) is 0. The molecule has 2 N–H and O–H groups in total. The van der Waals surface area contributed by atoms with Crippen molar-refractivity contribution >= 4 is 8.25 Å². The van der Waals surface area contributed by atoms with Crippen molar-refractivity contribution in [3.8, 4) is 0 Å². The van der Waals surface area contributed by atoms with Gasteiger partial charge in [-0.3, -0.25) is 0 Å². The Morgan fingerprint density at radius 2 is 1.29 bits per heavy atom. The van der Waals surface area contributed by atoms with Crippen LogP contribution in [0, 0.1) is 7.43 Å². The van der Waals surface area contributed by atoms with Crippen LogP contribution in [-0.4, -0.2) is 5.48 Å². The second-order valence-corrected chi connectivity index (χ2v) is 0.750. The molecule has 0 aliphatic heterocycles. The van der Waals surface area contributed by atoms with Crippen LogP contribution in [0.4, 0.5) is 0 Å². The summed E-state index contributed by atoms with van der Waals surface area (Å²) in [5.41, 5.74) is 0. The van der Waals surface area contributed by atoms with E-state index in [9.17, 15) is 0 Å². The molecular formula is CH6CuO4P-.